The molecule has 6 rings (SSSR count). The summed E-state index contributed by atoms with van der Waals surface area (Å²) in [6.45, 7) is 34.0. The van der Waals surface area contributed by atoms with Crippen LogP contribution in [0.25, 0.3) is 0 Å². The minimum atomic E-state index is -0.0806. The van der Waals surface area contributed by atoms with Gasteiger partial charge in [-0.25, -0.2) is 0 Å². The first kappa shape index (κ1) is 59.9. The predicted molar refractivity (Wildman–Crippen MR) is 277 cm³/mol. The first-order valence-corrected chi connectivity index (χ1v) is 24.8. The second-order valence-corrected chi connectivity index (χ2v) is 14.2. The van der Waals surface area contributed by atoms with Gasteiger partial charge in [0.2, 0.25) is 0 Å². The molecule has 65 heavy (non-hydrogen) atoms. The van der Waals surface area contributed by atoms with Crippen molar-refractivity contribution in [3.63, 3.8) is 0 Å². The number of fused-ring (bicyclic) bond motifs is 4. The standard InChI is InChI=1S/C21H24N2O2.C18H17NO2.C9H20O2.4C2H6/c1-3-5-13-23-17-11-7-9-15-19(17)21(25)14-8-6-10-16(22-12-4-2)18(14)20(15)24;1-3-10-19-14-9-5-8-13-16(14)18(21)12-7-4-6-11(2)15(12)17(13)20;1-3-5-7-11-9-8-10-6-4-2;4*1-2/h6-11,22-23H,3-5,12-13H2,1-2H3;4-9,19H,3,10H2,1-2H3;3-9H2,1-2H3;4*1-2H3. The van der Waals surface area contributed by atoms with E-state index < -0.39 is 0 Å². The van der Waals surface area contributed by atoms with E-state index in [1.165, 1.54) is 6.42 Å². The number of ketones is 4. The number of unbranched alkanes of at least 4 members (excludes halogenated alkanes) is 2. The number of ether oxygens (including phenoxy) is 2. The number of hydrogen-bond acceptors (Lipinski definition) is 9. The van der Waals surface area contributed by atoms with E-state index >= 15 is 0 Å². The van der Waals surface area contributed by atoms with Crippen molar-refractivity contribution in [1.29, 1.82) is 0 Å². The van der Waals surface area contributed by atoms with Crippen molar-refractivity contribution < 1.29 is 28.7 Å². The van der Waals surface area contributed by atoms with Gasteiger partial charge in [0.05, 0.1) is 29.9 Å². The molecule has 360 valence electrons. The Kier molecular flexibility index (Phi) is 33.3. The van der Waals surface area contributed by atoms with Crippen LogP contribution in [0.15, 0.2) is 72.8 Å². The molecule has 0 radical (unpaired) electrons. The lowest BCUT2D eigenvalue weighted by Crippen LogP contribution is -2.24. The molecule has 0 saturated heterocycles. The summed E-state index contributed by atoms with van der Waals surface area (Å²) in [5.41, 5.74) is 7.15. The molecule has 0 spiro atoms. The molecule has 0 fully saturated rings. The van der Waals surface area contributed by atoms with Crippen LogP contribution >= 0.6 is 0 Å². The molecule has 2 aliphatic carbocycles. The zero-order valence-electron chi connectivity index (χ0n) is 42.8. The molecule has 0 atom stereocenters. The lowest BCUT2D eigenvalue weighted by Gasteiger charge is -2.23. The van der Waals surface area contributed by atoms with Crippen LogP contribution < -0.4 is 16.0 Å². The van der Waals surface area contributed by atoms with Gasteiger partial charge in [0.1, 0.15) is 0 Å². The fourth-order valence-corrected chi connectivity index (χ4v) is 6.73. The fourth-order valence-electron chi connectivity index (χ4n) is 6.73. The lowest BCUT2D eigenvalue weighted by molar-refractivity contribution is 0.0470. The summed E-state index contributed by atoms with van der Waals surface area (Å²) in [5, 5.41) is 9.83. The molecule has 4 aromatic rings. The maximum atomic E-state index is 13.1. The number of rotatable bonds is 18. The summed E-state index contributed by atoms with van der Waals surface area (Å²) in [6, 6.07) is 21.8. The Morgan fingerprint density at radius 3 is 1.08 bits per heavy atom. The van der Waals surface area contributed by atoms with Crippen LogP contribution in [0.4, 0.5) is 17.1 Å². The average molecular weight is 896 g/mol. The van der Waals surface area contributed by atoms with Gasteiger partial charge in [0.15, 0.2) is 23.1 Å². The maximum Gasteiger partial charge on any atom is 0.196 e. The molecule has 0 aromatic heterocycles. The Labute approximate surface area is 394 Å². The average Bonchev–Trinajstić information content (AvgIpc) is 3.36. The fraction of sp³-hybridized carbons (Fsp3) is 0.500. The molecule has 0 saturated carbocycles. The van der Waals surface area contributed by atoms with Gasteiger partial charge in [0, 0.05) is 77.7 Å². The Balaban J connectivity index is 0.000000926. The largest absolute Gasteiger partial charge is 0.384 e. The molecule has 0 bridgehead atoms. The molecule has 3 N–H and O–H groups in total. The van der Waals surface area contributed by atoms with E-state index in [9.17, 15) is 19.2 Å². The minimum absolute atomic E-state index is 0.0575. The summed E-state index contributed by atoms with van der Waals surface area (Å²) in [5.74, 6) is -0.285. The number of nitrogens with one attached hydrogen (secondary N) is 3. The zero-order valence-corrected chi connectivity index (χ0v) is 42.8. The molecular weight excluding hydrogens is 811 g/mol. The first-order chi connectivity index (χ1) is 31.7. The highest BCUT2D eigenvalue weighted by molar-refractivity contribution is 6.32. The van der Waals surface area contributed by atoms with E-state index in [0.29, 0.717) is 44.5 Å². The number of benzene rings is 4. The van der Waals surface area contributed by atoms with Gasteiger partial charge >= 0.3 is 0 Å². The Morgan fingerprint density at radius 1 is 0.369 bits per heavy atom. The lowest BCUT2D eigenvalue weighted by atomic mass is 9.81. The molecule has 9 nitrogen and oxygen atoms in total. The molecule has 0 unspecified atom stereocenters. The highest BCUT2D eigenvalue weighted by Crippen LogP contribution is 2.36. The van der Waals surface area contributed by atoms with Gasteiger partial charge in [-0.3, -0.25) is 19.2 Å². The molecule has 4 aromatic carbocycles. The Morgan fingerprint density at radius 2 is 0.708 bits per heavy atom. The number of hydrogen-bond donors (Lipinski definition) is 3. The quantitative estimate of drug-likeness (QED) is 0.0724. The topological polar surface area (TPSA) is 123 Å². The van der Waals surface area contributed by atoms with E-state index in [4.69, 9.17) is 9.47 Å². The van der Waals surface area contributed by atoms with Crippen molar-refractivity contribution in [2.45, 2.75) is 142 Å². The van der Waals surface area contributed by atoms with E-state index in [2.05, 4.69) is 50.6 Å². The van der Waals surface area contributed by atoms with E-state index in [-0.39, 0.29) is 23.1 Å². The van der Waals surface area contributed by atoms with Crippen LogP contribution in [0.3, 0.4) is 0 Å². The monoisotopic (exact) mass is 896 g/mol. The van der Waals surface area contributed by atoms with Gasteiger partial charge in [-0.05, 0) is 62.8 Å². The van der Waals surface area contributed by atoms with Crippen molar-refractivity contribution in [1.82, 2.24) is 0 Å². The first-order valence-electron chi connectivity index (χ1n) is 24.8. The normalized spacial score (nSPS) is 11.1. The smallest absolute Gasteiger partial charge is 0.196 e. The molecule has 0 heterocycles. The van der Waals surface area contributed by atoms with Crippen LogP contribution in [0.5, 0.6) is 0 Å². The number of carbonyl (C=O) groups is 4. The van der Waals surface area contributed by atoms with Crippen molar-refractivity contribution in [2.24, 2.45) is 0 Å². The Bertz CT molecular complexity index is 1980. The molecule has 9 heteroatoms. The highest BCUT2D eigenvalue weighted by atomic mass is 16.5. The SMILES string of the molecule is CC.CC.CC.CC.CCCCNc1cccc2c1C(=O)c1cccc(NCCC)c1C2=O.CCCCOCCOCCC.CCCNc1cccc2c1C(=O)c1cccc(C)c1C2=O. The van der Waals surface area contributed by atoms with Gasteiger partial charge in [-0.2, -0.15) is 0 Å². The summed E-state index contributed by atoms with van der Waals surface area (Å²) in [4.78, 5) is 51.7. The van der Waals surface area contributed by atoms with Gasteiger partial charge in [-0.15, -0.1) is 0 Å². The van der Waals surface area contributed by atoms with Gasteiger partial charge in [-0.1, -0.05) is 157 Å². The van der Waals surface area contributed by atoms with Crippen LogP contribution in [0, 0.1) is 6.92 Å². The third kappa shape index (κ3) is 17.7. The van der Waals surface area contributed by atoms with Crippen molar-refractivity contribution >= 4 is 40.2 Å². The van der Waals surface area contributed by atoms with Crippen LogP contribution in [-0.2, 0) is 9.47 Å². The zero-order chi connectivity index (χ0) is 49.2. The Hall–Kier alpha value is -5.12. The van der Waals surface area contributed by atoms with Crippen molar-refractivity contribution in [2.75, 3.05) is 62.0 Å². The van der Waals surface area contributed by atoms with E-state index in [1.807, 2.05) is 111 Å². The summed E-state index contributed by atoms with van der Waals surface area (Å²) >= 11 is 0. The third-order valence-corrected chi connectivity index (χ3v) is 9.69. The van der Waals surface area contributed by atoms with E-state index in [1.54, 1.807) is 24.3 Å². The molecule has 0 aliphatic heterocycles. The molecule has 2 aliphatic rings. The van der Waals surface area contributed by atoms with Crippen molar-refractivity contribution in [3.8, 4) is 0 Å². The number of anilines is 3. The number of carbonyl (C=O) groups excluding carboxylic acids is 4. The van der Waals surface area contributed by atoms with Crippen LogP contribution in [0.2, 0.25) is 0 Å². The van der Waals surface area contributed by atoms with Gasteiger partial charge < -0.3 is 25.4 Å². The van der Waals surface area contributed by atoms with Crippen LogP contribution in [-0.4, -0.2) is 69.2 Å². The third-order valence-electron chi connectivity index (χ3n) is 9.69. The van der Waals surface area contributed by atoms with Crippen LogP contribution in [0.1, 0.15) is 204 Å². The second kappa shape index (κ2) is 36.1. The van der Waals surface area contributed by atoms with Gasteiger partial charge in [0.25, 0.3) is 0 Å². The maximum absolute atomic E-state index is 13.1. The molecular formula is C56H85N3O6. The summed E-state index contributed by atoms with van der Waals surface area (Å²) < 4.78 is 10.5. The molecule has 0 amide bonds. The predicted octanol–water partition coefficient (Wildman–Crippen LogP) is 14.4. The number of aryl methyl sites for hydroxylation is 1. The second-order valence-electron chi connectivity index (χ2n) is 14.2. The summed E-state index contributed by atoms with van der Waals surface area (Å²) in [6.07, 6.45) is 7.46. The highest BCUT2D eigenvalue weighted by Gasteiger charge is 2.34. The van der Waals surface area contributed by atoms with E-state index in [0.717, 1.165) is 107 Å². The van der Waals surface area contributed by atoms with Crippen molar-refractivity contribution in [3.05, 3.63) is 123 Å². The summed E-state index contributed by atoms with van der Waals surface area (Å²) in [7, 11) is 0. The minimum Gasteiger partial charge on any atom is -0.384 e.